The first-order chi connectivity index (χ1) is 5.59. The fourth-order valence-electron chi connectivity index (χ4n) is 0.890. The van der Waals surface area contributed by atoms with Crippen LogP contribution in [0.2, 0.25) is 0 Å². The van der Waals surface area contributed by atoms with Gasteiger partial charge in [-0.15, -0.1) is 23.1 Å². The molecule has 1 rings (SSSR count). The molecule has 0 spiro atoms. The second kappa shape index (κ2) is 3.96. The minimum absolute atomic E-state index is 0.150. The molecule has 0 amide bonds. The van der Waals surface area contributed by atoms with Crippen LogP contribution in [-0.2, 0) is 4.79 Å². The molecule has 0 radical (unpaired) electrons. The average Bonchev–Trinajstić information content (AvgIpc) is 2.26. The van der Waals surface area contributed by atoms with E-state index >= 15 is 0 Å². The topological polar surface area (TPSA) is 37.3 Å². The lowest BCUT2D eigenvalue weighted by atomic mass is 10.4. The first-order valence-corrected chi connectivity index (χ1v) is 5.31. The van der Waals surface area contributed by atoms with Gasteiger partial charge >= 0.3 is 5.97 Å². The van der Waals surface area contributed by atoms with Gasteiger partial charge in [0, 0.05) is 14.6 Å². The van der Waals surface area contributed by atoms with Gasteiger partial charge in [-0.2, -0.15) is 0 Å². The van der Waals surface area contributed by atoms with Gasteiger partial charge in [-0.3, -0.25) is 4.79 Å². The predicted octanol–water partition coefficient (Wildman–Crippen LogP) is 2.54. The van der Waals surface area contributed by atoms with Crippen LogP contribution in [0, 0.1) is 13.8 Å². The summed E-state index contributed by atoms with van der Waals surface area (Å²) >= 11 is 3.09. The van der Waals surface area contributed by atoms with Crippen LogP contribution in [-0.4, -0.2) is 16.8 Å². The summed E-state index contributed by atoms with van der Waals surface area (Å²) in [6.07, 6.45) is 0. The van der Waals surface area contributed by atoms with Gasteiger partial charge in [-0.05, 0) is 19.9 Å². The Hall–Kier alpha value is -0.480. The van der Waals surface area contributed by atoms with Crippen molar-refractivity contribution in [1.29, 1.82) is 0 Å². The molecule has 1 N–H and O–H groups in total. The Morgan fingerprint density at radius 3 is 2.75 bits per heavy atom. The van der Waals surface area contributed by atoms with Gasteiger partial charge in [0.1, 0.15) is 0 Å². The highest BCUT2D eigenvalue weighted by atomic mass is 32.2. The van der Waals surface area contributed by atoms with E-state index in [4.69, 9.17) is 5.11 Å². The van der Waals surface area contributed by atoms with Gasteiger partial charge in [0.05, 0.1) is 5.75 Å². The molecule has 1 aromatic rings. The molecule has 66 valence electrons. The van der Waals surface area contributed by atoms with Gasteiger partial charge in [-0.25, -0.2) is 0 Å². The molecule has 0 saturated heterocycles. The van der Waals surface area contributed by atoms with Crippen molar-refractivity contribution < 1.29 is 9.90 Å². The van der Waals surface area contributed by atoms with Gasteiger partial charge < -0.3 is 5.11 Å². The van der Waals surface area contributed by atoms with Crippen LogP contribution >= 0.6 is 23.1 Å². The molecular weight excluding hydrogens is 192 g/mol. The number of carbonyl (C=O) groups is 1. The van der Waals surface area contributed by atoms with Gasteiger partial charge in [-0.1, -0.05) is 0 Å². The molecule has 0 aliphatic rings. The van der Waals surface area contributed by atoms with E-state index in [1.165, 1.54) is 21.5 Å². The first kappa shape index (κ1) is 9.61. The number of thioether (sulfide) groups is 1. The summed E-state index contributed by atoms with van der Waals surface area (Å²) in [6.45, 7) is 4.05. The molecule has 12 heavy (non-hydrogen) atoms. The maximum atomic E-state index is 10.3. The normalized spacial score (nSPS) is 10.2. The van der Waals surface area contributed by atoms with E-state index in [-0.39, 0.29) is 5.75 Å². The average molecular weight is 202 g/mol. The summed E-state index contributed by atoms with van der Waals surface area (Å²) in [4.78, 5) is 13.8. The Kier molecular flexibility index (Phi) is 3.17. The highest BCUT2D eigenvalue weighted by molar-refractivity contribution is 8.00. The maximum Gasteiger partial charge on any atom is 0.313 e. The molecule has 0 fully saturated rings. The van der Waals surface area contributed by atoms with E-state index in [1.807, 2.05) is 19.9 Å². The summed E-state index contributed by atoms with van der Waals surface area (Å²) in [5, 5.41) is 8.46. The van der Waals surface area contributed by atoms with Crippen molar-refractivity contribution in [3.05, 3.63) is 15.8 Å². The summed E-state index contributed by atoms with van der Waals surface area (Å²) < 4.78 is 0. The van der Waals surface area contributed by atoms with Crippen molar-refractivity contribution in [2.45, 2.75) is 18.7 Å². The van der Waals surface area contributed by atoms with Crippen LogP contribution in [0.3, 0.4) is 0 Å². The van der Waals surface area contributed by atoms with Crippen molar-refractivity contribution >= 4 is 29.1 Å². The van der Waals surface area contributed by atoms with Crippen LogP contribution in [0.15, 0.2) is 11.0 Å². The monoisotopic (exact) mass is 202 g/mol. The molecule has 1 aromatic heterocycles. The fraction of sp³-hybridized carbons (Fsp3) is 0.375. The molecule has 2 nitrogen and oxygen atoms in total. The molecule has 0 bridgehead atoms. The van der Waals surface area contributed by atoms with Crippen molar-refractivity contribution in [2.75, 3.05) is 5.75 Å². The zero-order valence-electron chi connectivity index (χ0n) is 6.96. The summed E-state index contributed by atoms with van der Waals surface area (Å²) in [7, 11) is 0. The van der Waals surface area contributed by atoms with Gasteiger partial charge in [0.15, 0.2) is 0 Å². The number of carboxylic acids is 1. The highest BCUT2D eigenvalue weighted by Crippen LogP contribution is 2.29. The van der Waals surface area contributed by atoms with Crippen molar-refractivity contribution in [2.24, 2.45) is 0 Å². The third kappa shape index (κ3) is 2.53. The molecule has 1 heterocycles. The second-order valence-electron chi connectivity index (χ2n) is 2.46. The first-order valence-electron chi connectivity index (χ1n) is 3.51. The van der Waals surface area contributed by atoms with E-state index in [1.54, 1.807) is 11.3 Å². The van der Waals surface area contributed by atoms with E-state index < -0.39 is 5.97 Å². The molecule has 0 aliphatic carbocycles. The molecule has 0 aromatic carbocycles. The lowest BCUT2D eigenvalue weighted by Gasteiger charge is -1.94. The van der Waals surface area contributed by atoms with Crippen LogP contribution in [0.4, 0.5) is 0 Å². The quantitative estimate of drug-likeness (QED) is 0.765. The summed E-state index contributed by atoms with van der Waals surface area (Å²) in [6, 6.07) is 2.04. The third-order valence-electron chi connectivity index (χ3n) is 1.35. The Bertz CT molecular complexity index is 291. The molecule has 0 aliphatic heterocycles. The lowest BCUT2D eigenvalue weighted by Crippen LogP contribution is -1.97. The standard InChI is InChI=1S/C8H10O2S2/c1-5-3-7(6(2)12-5)11-4-8(9)10/h3H,4H2,1-2H3,(H,9,10). The fourth-order valence-corrected chi connectivity index (χ4v) is 2.83. The second-order valence-corrected chi connectivity index (χ2v) is 4.94. The number of carboxylic acid groups (broad SMARTS) is 1. The Morgan fingerprint density at radius 2 is 2.33 bits per heavy atom. The van der Waals surface area contributed by atoms with Gasteiger partial charge in [0.25, 0.3) is 0 Å². The Labute approximate surface area is 79.6 Å². The Morgan fingerprint density at radius 1 is 1.67 bits per heavy atom. The summed E-state index contributed by atoms with van der Waals surface area (Å²) in [5.41, 5.74) is 0. The Balaban J connectivity index is 2.62. The van der Waals surface area contributed by atoms with E-state index in [2.05, 4.69) is 0 Å². The number of thiophene rings is 1. The SMILES string of the molecule is Cc1cc(SCC(=O)O)c(C)s1. The van der Waals surface area contributed by atoms with Crippen LogP contribution < -0.4 is 0 Å². The van der Waals surface area contributed by atoms with Crippen molar-refractivity contribution in [3.63, 3.8) is 0 Å². The van der Waals surface area contributed by atoms with Crippen LogP contribution in [0.1, 0.15) is 9.75 Å². The third-order valence-corrected chi connectivity index (χ3v) is 3.57. The van der Waals surface area contributed by atoms with Crippen molar-refractivity contribution in [1.82, 2.24) is 0 Å². The number of rotatable bonds is 3. The number of aliphatic carboxylic acids is 1. The molecule has 4 heteroatoms. The zero-order valence-corrected chi connectivity index (χ0v) is 8.59. The smallest absolute Gasteiger partial charge is 0.313 e. The molecular formula is C8H10O2S2. The zero-order chi connectivity index (χ0) is 9.14. The van der Waals surface area contributed by atoms with E-state index in [9.17, 15) is 4.79 Å². The van der Waals surface area contributed by atoms with Crippen LogP contribution in [0.5, 0.6) is 0 Å². The van der Waals surface area contributed by atoms with E-state index in [0.29, 0.717) is 0 Å². The lowest BCUT2D eigenvalue weighted by molar-refractivity contribution is -0.133. The number of hydrogen-bond acceptors (Lipinski definition) is 3. The minimum Gasteiger partial charge on any atom is -0.481 e. The minimum atomic E-state index is -0.761. The molecule has 0 atom stereocenters. The van der Waals surface area contributed by atoms with Gasteiger partial charge in [0.2, 0.25) is 0 Å². The molecule has 0 unspecified atom stereocenters. The predicted molar refractivity (Wildman–Crippen MR) is 52.2 cm³/mol. The molecule has 0 saturated carbocycles. The van der Waals surface area contributed by atoms with E-state index in [0.717, 1.165) is 4.90 Å². The van der Waals surface area contributed by atoms with Crippen molar-refractivity contribution in [3.8, 4) is 0 Å². The maximum absolute atomic E-state index is 10.3. The number of aryl methyl sites for hydroxylation is 2. The summed E-state index contributed by atoms with van der Waals surface area (Å²) in [5.74, 6) is -0.611. The number of hydrogen-bond donors (Lipinski definition) is 1. The largest absolute Gasteiger partial charge is 0.481 e. The van der Waals surface area contributed by atoms with Crippen LogP contribution in [0.25, 0.3) is 0 Å². The highest BCUT2D eigenvalue weighted by Gasteiger charge is 2.05.